The van der Waals surface area contributed by atoms with Crippen molar-refractivity contribution < 1.29 is 18.7 Å². The molecule has 3 N–H and O–H groups in total. The van der Waals surface area contributed by atoms with Crippen LogP contribution in [0.15, 0.2) is 12.1 Å². The zero-order chi connectivity index (χ0) is 13.9. The van der Waals surface area contributed by atoms with Crippen LogP contribution < -0.4 is 11.1 Å². The van der Waals surface area contributed by atoms with E-state index >= 15 is 0 Å². The molecule has 0 saturated heterocycles. The average Bonchev–Trinajstić information content (AvgIpc) is 2.19. The molecule has 0 aliphatic heterocycles. The third kappa shape index (κ3) is 3.73. The summed E-state index contributed by atoms with van der Waals surface area (Å²) in [5, 5.41) is 2.22. The van der Waals surface area contributed by atoms with Crippen molar-refractivity contribution >= 4 is 23.8 Å². The number of benzene rings is 1. The number of hydrogen-bond acceptors (Lipinski definition) is 4. The molecule has 1 amide bonds. The Hall–Kier alpha value is -2.11. The minimum atomic E-state index is -0.803. The van der Waals surface area contributed by atoms with Gasteiger partial charge in [-0.15, -0.1) is 0 Å². The maximum atomic E-state index is 13.5. The summed E-state index contributed by atoms with van der Waals surface area (Å²) in [6.07, 6.45) is -0.322. The Kier molecular flexibility index (Phi) is 3.90. The molecule has 0 aromatic heterocycles. The molecule has 6 heteroatoms. The lowest BCUT2D eigenvalue weighted by molar-refractivity contribution is 0.0635. The van der Waals surface area contributed by atoms with E-state index in [1.165, 1.54) is 0 Å². The van der Waals surface area contributed by atoms with Gasteiger partial charge in [-0.05, 0) is 32.9 Å². The van der Waals surface area contributed by atoms with Crippen LogP contribution in [0.5, 0.6) is 0 Å². The molecule has 0 saturated carbocycles. The molecular weight excluding hydrogens is 239 g/mol. The van der Waals surface area contributed by atoms with Crippen LogP contribution >= 0.6 is 0 Å². The Balaban J connectivity index is 2.91. The van der Waals surface area contributed by atoms with E-state index in [1.807, 2.05) is 0 Å². The van der Waals surface area contributed by atoms with Crippen LogP contribution in [-0.2, 0) is 4.74 Å². The summed E-state index contributed by atoms with van der Waals surface area (Å²) >= 11 is 0. The zero-order valence-corrected chi connectivity index (χ0v) is 10.4. The summed E-state index contributed by atoms with van der Waals surface area (Å²) < 4.78 is 18.5. The van der Waals surface area contributed by atoms with Gasteiger partial charge in [-0.2, -0.15) is 0 Å². The van der Waals surface area contributed by atoms with E-state index < -0.39 is 17.5 Å². The van der Waals surface area contributed by atoms with E-state index in [0.29, 0.717) is 6.29 Å². The molecule has 1 rings (SSSR count). The second-order valence-corrected chi connectivity index (χ2v) is 4.71. The molecule has 5 nitrogen and oxygen atoms in total. The quantitative estimate of drug-likeness (QED) is 0.627. The topological polar surface area (TPSA) is 81.4 Å². The smallest absolute Gasteiger partial charge is 0.412 e. The summed E-state index contributed by atoms with van der Waals surface area (Å²) in [6.45, 7) is 5.05. The van der Waals surface area contributed by atoms with Crippen molar-refractivity contribution in [1.29, 1.82) is 0 Å². The summed E-state index contributed by atoms with van der Waals surface area (Å²) in [6, 6.07) is 2.12. The molecule has 0 heterocycles. The van der Waals surface area contributed by atoms with E-state index in [2.05, 4.69) is 5.32 Å². The van der Waals surface area contributed by atoms with Gasteiger partial charge >= 0.3 is 6.09 Å². The number of halogens is 1. The van der Waals surface area contributed by atoms with Gasteiger partial charge in [-0.3, -0.25) is 10.1 Å². The normalized spacial score (nSPS) is 10.9. The van der Waals surface area contributed by atoms with Crippen LogP contribution in [-0.4, -0.2) is 18.0 Å². The number of nitrogens with one attached hydrogen (secondary N) is 1. The van der Waals surface area contributed by atoms with Crippen molar-refractivity contribution in [3.63, 3.8) is 0 Å². The number of carbonyl (C=O) groups is 2. The molecule has 0 radical (unpaired) electrons. The fourth-order valence-corrected chi connectivity index (χ4v) is 1.22. The number of hydrogen-bond donors (Lipinski definition) is 2. The minimum Gasteiger partial charge on any atom is -0.444 e. The van der Waals surface area contributed by atoms with Crippen molar-refractivity contribution in [3.8, 4) is 0 Å². The Bertz CT molecular complexity index is 481. The van der Waals surface area contributed by atoms with Gasteiger partial charge in [0.05, 0.1) is 5.69 Å². The minimum absolute atomic E-state index is 0.0113. The highest BCUT2D eigenvalue weighted by Crippen LogP contribution is 2.21. The lowest BCUT2D eigenvalue weighted by atomic mass is 10.1. The standard InChI is InChI=1S/C12H15FN2O3/c1-12(2,3)18-11(17)15-10-4-7(6-16)9(14)5-8(10)13/h4-6H,14H2,1-3H3,(H,15,17). The van der Waals surface area contributed by atoms with Crippen molar-refractivity contribution in [2.24, 2.45) is 0 Å². The number of ether oxygens (including phenoxy) is 1. The molecule has 0 bridgehead atoms. The molecular formula is C12H15FN2O3. The van der Waals surface area contributed by atoms with Crippen molar-refractivity contribution in [2.75, 3.05) is 11.1 Å². The maximum Gasteiger partial charge on any atom is 0.412 e. The Morgan fingerprint density at radius 3 is 2.56 bits per heavy atom. The van der Waals surface area contributed by atoms with Crippen molar-refractivity contribution in [3.05, 3.63) is 23.5 Å². The molecule has 0 aliphatic carbocycles. The predicted octanol–water partition coefficient (Wildman–Crippen LogP) is 2.57. The van der Waals surface area contributed by atoms with Gasteiger partial charge in [0.15, 0.2) is 6.29 Å². The first kappa shape index (κ1) is 14.0. The van der Waals surface area contributed by atoms with Gasteiger partial charge in [0.2, 0.25) is 0 Å². The number of rotatable bonds is 2. The van der Waals surface area contributed by atoms with Crippen molar-refractivity contribution in [1.82, 2.24) is 0 Å². The lowest BCUT2D eigenvalue weighted by Gasteiger charge is -2.20. The molecule has 98 valence electrons. The van der Waals surface area contributed by atoms with Gasteiger partial charge < -0.3 is 10.5 Å². The first-order chi connectivity index (χ1) is 8.23. The molecule has 0 spiro atoms. The molecule has 1 aromatic rings. The summed E-state index contributed by atoms with van der Waals surface area (Å²) in [5.74, 6) is -0.732. The molecule has 0 atom stereocenters. The third-order valence-corrected chi connectivity index (χ3v) is 1.94. The van der Waals surface area contributed by atoms with E-state index in [4.69, 9.17) is 10.5 Å². The highest BCUT2D eigenvalue weighted by atomic mass is 19.1. The van der Waals surface area contributed by atoms with E-state index in [0.717, 1.165) is 12.1 Å². The molecule has 1 aromatic carbocycles. The van der Waals surface area contributed by atoms with Crippen LogP contribution in [0.2, 0.25) is 0 Å². The molecule has 0 aliphatic rings. The van der Waals surface area contributed by atoms with Crippen LogP contribution in [0.25, 0.3) is 0 Å². The highest BCUT2D eigenvalue weighted by Gasteiger charge is 2.18. The summed E-state index contributed by atoms with van der Waals surface area (Å²) in [4.78, 5) is 22.1. The SMILES string of the molecule is CC(C)(C)OC(=O)Nc1cc(C=O)c(N)cc1F. The Morgan fingerprint density at radius 1 is 1.44 bits per heavy atom. The summed E-state index contributed by atoms with van der Waals surface area (Å²) in [5.41, 5.74) is 4.68. The van der Waals surface area contributed by atoms with Gasteiger partial charge in [0, 0.05) is 11.3 Å². The number of carbonyl (C=O) groups excluding carboxylic acids is 2. The van der Waals surface area contributed by atoms with Gasteiger partial charge in [0.1, 0.15) is 11.4 Å². The van der Waals surface area contributed by atoms with Gasteiger partial charge in [-0.1, -0.05) is 0 Å². The maximum absolute atomic E-state index is 13.5. The third-order valence-electron chi connectivity index (χ3n) is 1.94. The fraction of sp³-hybridized carbons (Fsp3) is 0.333. The van der Waals surface area contributed by atoms with Crippen molar-refractivity contribution in [2.45, 2.75) is 26.4 Å². The highest BCUT2D eigenvalue weighted by molar-refractivity contribution is 5.90. The number of nitrogen functional groups attached to an aromatic ring is 1. The van der Waals surface area contributed by atoms with Gasteiger partial charge in [0.25, 0.3) is 0 Å². The number of anilines is 2. The van der Waals surface area contributed by atoms with E-state index in [9.17, 15) is 14.0 Å². The lowest BCUT2D eigenvalue weighted by Crippen LogP contribution is -2.27. The van der Waals surface area contributed by atoms with Crippen LogP contribution in [0.1, 0.15) is 31.1 Å². The summed E-state index contributed by atoms with van der Waals surface area (Å²) in [7, 11) is 0. The van der Waals surface area contributed by atoms with Crippen LogP contribution in [0, 0.1) is 5.82 Å². The largest absolute Gasteiger partial charge is 0.444 e. The predicted molar refractivity (Wildman–Crippen MR) is 66.1 cm³/mol. The number of nitrogens with two attached hydrogens (primary N) is 1. The number of amides is 1. The number of aldehydes is 1. The van der Waals surface area contributed by atoms with Crippen LogP contribution in [0.4, 0.5) is 20.6 Å². The molecule has 0 unspecified atom stereocenters. The second kappa shape index (κ2) is 5.03. The Morgan fingerprint density at radius 2 is 2.06 bits per heavy atom. The molecule has 18 heavy (non-hydrogen) atoms. The monoisotopic (exact) mass is 254 g/mol. The van der Waals surface area contributed by atoms with E-state index in [-0.39, 0.29) is 16.9 Å². The van der Waals surface area contributed by atoms with Crippen LogP contribution in [0.3, 0.4) is 0 Å². The fourth-order valence-electron chi connectivity index (χ4n) is 1.22. The van der Waals surface area contributed by atoms with E-state index in [1.54, 1.807) is 20.8 Å². The first-order valence-electron chi connectivity index (χ1n) is 5.27. The zero-order valence-electron chi connectivity index (χ0n) is 10.4. The second-order valence-electron chi connectivity index (χ2n) is 4.71. The Labute approximate surface area is 104 Å². The average molecular weight is 254 g/mol. The van der Waals surface area contributed by atoms with Gasteiger partial charge in [-0.25, -0.2) is 9.18 Å². The molecule has 0 fully saturated rings. The first-order valence-corrected chi connectivity index (χ1v) is 5.27.